The number of ether oxygens (including phenoxy) is 1. The molecule has 0 radical (unpaired) electrons. The molecule has 3 heteroatoms. The van der Waals surface area contributed by atoms with Crippen LogP contribution in [0.5, 0.6) is 0 Å². The molecular formula is C13H26N2O. The van der Waals surface area contributed by atoms with E-state index in [0.29, 0.717) is 6.04 Å². The first-order valence-corrected chi connectivity index (χ1v) is 6.52. The van der Waals surface area contributed by atoms with Crippen molar-refractivity contribution in [3.63, 3.8) is 0 Å². The minimum Gasteiger partial charge on any atom is -0.385 e. The molecule has 0 fully saturated rings. The lowest BCUT2D eigenvalue weighted by Crippen LogP contribution is -2.37. The number of nitrogens with two attached hydrogens (primary N) is 1. The number of hydrogen-bond acceptors (Lipinski definition) is 3. The summed E-state index contributed by atoms with van der Waals surface area (Å²) in [5, 5.41) is 0. The molecule has 0 bridgehead atoms. The summed E-state index contributed by atoms with van der Waals surface area (Å²) in [6.07, 6.45) is 12.4. The summed E-state index contributed by atoms with van der Waals surface area (Å²) in [5.41, 5.74) is 4.47. The van der Waals surface area contributed by atoms with E-state index in [1.54, 1.807) is 7.11 Å². The van der Waals surface area contributed by atoms with Crippen molar-refractivity contribution in [1.82, 2.24) is 5.43 Å². The summed E-state index contributed by atoms with van der Waals surface area (Å²) in [6, 6.07) is 0.355. The van der Waals surface area contributed by atoms with Gasteiger partial charge in [-0.25, -0.2) is 0 Å². The third-order valence-electron chi connectivity index (χ3n) is 3.32. The molecule has 3 N–H and O–H groups in total. The molecule has 0 saturated heterocycles. The van der Waals surface area contributed by atoms with Crippen LogP contribution in [-0.2, 0) is 4.74 Å². The minimum absolute atomic E-state index is 0.355. The molecule has 0 aliphatic heterocycles. The van der Waals surface area contributed by atoms with E-state index in [4.69, 9.17) is 10.6 Å². The van der Waals surface area contributed by atoms with Crippen molar-refractivity contribution in [3.05, 3.63) is 11.6 Å². The maximum atomic E-state index is 5.64. The molecule has 16 heavy (non-hydrogen) atoms. The molecule has 0 aromatic carbocycles. The molecule has 0 aromatic rings. The van der Waals surface area contributed by atoms with E-state index in [1.165, 1.54) is 44.1 Å². The Kier molecular flexibility index (Phi) is 7.47. The Morgan fingerprint density at radius 3 is 2.94 bits per heavy atom. The average molecular weight is 226 g/mol. The summed E-state index contributed by atoms with van der Waals surface area (Å²) in [4.78, 5) is 0. The van der Waals surface area contributed by atoms with E-state index in [9.17, 15) is 0 Å². The summed E-state index contributed by atoms with van der Waals surface area (Å²) >= 11 is 0. The lowest BCUT2D eigenvalue weighted by atomic mass is 9.93. The Labute approximate surface area is 99.4 Å². The fourth-order valence-electron chi connectivity index (χ4n) is 2.34. The molecule has 94 valence electrons. The van der Waals surface area contributed by atoms with Gasteiger partial charge in [-0.05, 0) is 38.5 Å². The monoisotopic (exact) mass is 226 g/mol. The van der Waals surface area contributed by atoms with Gasteiger partial charge in [0.2, 0.25) is 0 Å². The first kappa shape index (κ1) is 13.7. The van der Waals surface area contributed by atoms with Gasteiger partial charge in [0.05, 0.1) is 0 Å². The molecular weight excluding hydrogens is 200 g/mol. The van der Waals surface area contributed by atoms with Crippen LogP contribution in [0.4, 0.5) is 0 Å². The number of rotatable bonds is 6. The average Bonchev–Trinajstić information content (AvgIpc) is 2.25. The topological polar surface area (TPSA) is 47.3 Å². The Balaban J connectivity index is 2.41. The van der Waals surface area contributed by atoms with Crippen molar-refractivity contribution >= 4 is 0 Å². The molecule has 1 unspecified atom stereocenters. The van der Waals surface area contributed by atoms with Gasteiger partial charge in [-0.1, -0.05) is 24.5 Å². The number of hydrogen-bond donors (Lipinski definition) is 2. The largest absolute Gasteiger partial charge is 0.385 e. The van der Waals surface area contributed by atoms with Gasteiger partial charge >= 0.3 is 0 Å². The second kappa shape index (κ2) is 8.74. The molecule has 0 heterocycles. The van der Waals surface area contributed by atoms with Crippen LogP contribution >= 0.6 is 0 Å². The zero-order valence-electron chi connectivity index (χ0n) is 10.5. The van der Waals surface area contributed by atoms with Gasteiger partial charge in [0.15, 0.2) is 0 Å². The normalized spacial score (nSPS) is 19.8. The van der Waals surface area contributed by atoms with E-state index in [1.807, 2.05) is 0 Å². The van der Waals surface area contributed by atoms with Crippen molar-refractivity contribution in [2.24, 2.45) is 5.84 Å². The summed E-state index contributed by atoms with van der Waals surface area (Å²) in [5.74, 6) is 5.64. The van der Waals surface area contributed by atoms with E-state index >= 15 is 0 Å². The third-order valence-corrected chi connectivity index (χ3v) is 3.32. The predicted molar refractivity (Wildman–Crippen MR) is 68.0 cm³/mol. The SMILES string of the molecule is COCCCC(NN)C1=CCCCCCC1. The molecule has 0 saturated carbocycles. The number of methoxy groups -OCH3 is 1. The van der Waals surface area contributed by atoms with Crippen LogP contribution in [0.15, 0.2) is 11.6 Å². The van der Waals surface area contributed by atoms with Crippen LogP contribution in [0, 0.1) is 0 Å². The number of allylic oxidation sites excluding steroid dienone is 1. The highest BCUT2D eigenvalue weighted by atomic mass is 16.5. The van der Waals surface area contributed by atoms with E-state index < -0.39 is 0 Å². The van der Waals surface area contributed by atoms with E-state index in [-0.39, 0.29) is 0 Å². The number of nitrogens with one attached hydrogen (secondary N) is 1. The maximum absolute atomic E-state index is 5.64. The molecule has 0 aromatic heterocycles. The van der Waals surface area contributed by atoms with Gasteiger partial charge < -0.3 is 4.74 Å². The van der Waals surface area contributed by atoms with Gasteiger partial charge in [0.1, 0.15) is 0 Å². The Bertz CT molecular complexity index is 204. The highest BCUT2D eigenvalue weighted by molar-refractivity contribution is 5.11. The van der Waals surface area contributed by atoms with Crippen molar-refractivity contribution in [1.29, 1.82) is 0 Å². The first-order chi connectivity index (χ1) is 7.88. The lowest BCUT2D eigenvalue weighted by molar-refractivity contribution is 0.190. The van der Waals surface area contributed by atoms with Crippen LogP contribution in [0.2, 0.25) is 0 Å². The Morgan fingerprint density at radius 1 is 1.38 bits per heavy atom. The second-order valence-corrected chi connectivity index (χ2v) is 4.59. The van der Waals surface area contributed by atoms with Crippen molar-refractivity contribution < 1.29 is 4.74 Å². The first-order valence-electron chi connectivity index (χ1n) is 6.52. The fourth-order valence-corrected chi connectivity index (χ4v) is 2.34. The maximum Gasteiger partial charge on any atom is 0.0462 e. The van der Waals surface area contributed by atoms with Gasteiger partial charge in [-0.3, -0.25) is 11.3 Å². The molecule has 1 rings (SSSR count). The van der Waals surface area contributed by atoms with Crippen LogP contribution in [0.3, 0.4) is 0 Å². The Hall–Kier alpha value is -0.380. The van der Waals surface area contributed by atoms with E-state index in [2.05, 4.69) is 11.5 Å². The summed E-state index contributed by atoms with van der Waals surface area (Å²) in [6.45, 7) is 0.825. The van der Waals surface area contributed by atoms with Gasteiger partial charge in [0, 0.05) is 19.8 Å². The van der Waals surface area contributed by atoms with Crippen LogP contribution in [0.25, 0.3) is 0 Å². The zero-order chi connectivity index (χ0) is 11.6. The van der Waals surface area contributed by atoms with Gasteiger partial charge in [-0.2, -0.15) is 0 Å². The molecule has 0 amide bonds. The molecule has 1 atom stereocenters. The zero-order valence-corrected chi connectivity index (χ0v) is 10.5. The second-order valence-electron chi connectivity index (χ2n) is 4.59. The highest BCUT2D eigenvalue weighted by Crippen LogP contribution is 2.21. The molecule has 3 nitrogen and oxygen atoms in total. The summed E-state index contributed by atoms with van der Waals surface area (Å²) in [7, 11) is 1.75. The van der Waals surface area contributed by atoms with E-state index in [0.717, 1.165) is 19.4 Å². The molecule has 1 aliphatic carbocycles. The third kappa shape index (κ3) is 5.10. The van der Waals surface area contributed by atoms with Gasteiger partial charge in [-0.15, -0.1) is 0 Å². The lowest BCUT2D eigenvalue weighted by Gasteiger charge is -2.21. The molecule has 0 spiro atoms. The van der Waals surface area contributed by atoms with Crippen LogP contribution in [0.1, 0.15) is 51.4 Å². The van der Waals surface area contributed by atoms with Gasteiger partial charge in [0.25, 0.3) is 0 Å². The standard InChI is InChI=1S/C13H26N2O/c1-16-11-7-10-13(15-14)12-8-5-3-2-4-6-9-12/h8,13,15H,2-7,9-11,14H2,1H3. The summed E-state index contributed by atoms with van der Waals surface area (Å²) < 4.78 is 5.08. The fraction of sp³-hybridized carbons (Fsp3) is 0.846. The predicted octanol–water partition coefficient (Wildman–Crippen LogP) is 2.53. The van der Waals surface area contributed by atoms with Crippen molar-refractivity contribution in [2.45, 2.75) is 57.4 Å². The minimum atomic E-state index is 0.355. The number of hydrazine groups is 1. The smallest absolute Gasteiger partial charge is 0.0462 e. The van der Waals surface area contributed by atoms with Crippen LogP contribution < -0.4 is 11.3 Å². The highest BCUT2D eigenvalue weighted by Gasteiger charge is 2.13. The van der Waals surface area contributed by atoms with Crippen LogP contribution in [-0.4, -0.2) is 19.8 Å². The van der Waals surface area contributed by atoms with Crippen molar-refractivity contribution in [2.75, 3.05) is 13.7 Å². The van der Waals surface area contributed by atoms with Crippen molar-refractivity contribution in [3.8, 4) is 0 Å². The quantitative estimate of drug-likeness (QED) is 0.317. The molecule has 1 aliphatic rings. The Morgan fingerprint density at radius 2 is 2.19 bits per heavy atom.